The van der Waals surface area contributed by atoms with Gasteiger partial charge in [0.2, 0.25) is 0 Å². The fourth-order valence-electron chi connectivity index (χ4n) is 2.83. The number of ether oxygens (including phenoxy) is 1. The number of nitrogens with one attached hydrogen (secondary N) is 1. The Bertz CT molecular complexity index is 1160. The van der Waals surface area contributed by atoms with Crippen molar-refractivity contribution in [2.75, 3.05) is 5.32 Å². The zero-order chi connectivity index (χ0) is 19.5. The molecule has 0 fully saturated rings. The van der Waals surface area contributed by atoms with Crippen LogP contribution in [0.2, 0.25) is 0 Å². The number of para-hydroxylation sites is 1. The molecule has 0 radical (unpaired) electrons. The van der Waals surface area contributed by atoms with Crippen LogP contribution in [0, 0.1) is 6.92 Å². The smallest absolute Gasteiger partial charge is 0.276 e. The van der Waals surface area contributed by atoms with Crippen LogP contribution in [0.5, 0.6) is 5.75 Å². The maximum Gasteiger partial charge on any atom is 0.276 e. The van der Waals surface area contributed by atoms with Gasteiger partial charge in [-0.2, -0.15) is 5.10 Å². The second-order valence-corrected chi connectivity index (χ2v) is 7.08. The molecule has 0 unspecified atom stereocenters. The molecule has 2 heterocycles. The molecule has 2 aromatic heterocycles. The average molecular weight is 437 g/mol. The van der Waals surface area contributed by atoms with Crippen molar-refractivity contribution in [3.8, 4) is 5.75 Å². The molecule has 0 spiro atoms. The molecule has 28 heavy (non-hydrogen) atoms. The molecule has 2 aromatic carbocycles. The van der Waals surface area contributed by atoms with Crippen LogP contribution in [0.25, 0.3) is 10.9 Å². The van der Waals surface area contributed by atoms with Gasteiger partial charge in [-0.15, -0.1) is 0 Å². The van der Waals surface area contributed by atoms with Crippen LogP contribution in [0.15, 0.2) is 71.5 Å². The number of hydrogen-bond acceptors (Lipinski definition) is 4. The molecular formula is C21H17BrN4O2. The SMILES string of the molecule is Cc1ccccc1OCn1ccc(C(=O)Nc2ccc(Br)c3cccnc23)n1. The van der Waals surface area contributed by atoms with Crippen LogP contribution in [-0.2, 0) is 6.73 Å². The number of amides is 1. The predicted octanol–water partition coefficient (Wildman–Crippen LogP) is 4.79. The Morgan fingerprint density at radius 3 is 2.86 bits per heavy atom. The summed E-state index contributed by atoms with van der Waals surface area (Å²) < 4.78 is 8.26. The number of nitrogens with zero attached hydrogens (tertiary/aromatic N) is 3. The van der Waals surface area contributed by atoms with Gasteiger partial charge in [-0.1, -0.05) is 40.2 Å². The number of pyridine rings is 1. The van der Waals surface area contributed by atoms with E-state index in [1.54, 1.807) is 23.1 Å². The maximum absolute atomic E-state index is 12.6. The highest BCUT2D eigenvalue weighted by Gasteiger charge is 2.13. The van der Waals surface area contributed by atoms with Crippen molar-refractivity contribution in [3.05, 3.63) is 82.7 Å². The summed E-state index contributed by atoms with van der Waals surface area (Å²) in [4.78, 5) is 17.0. The van der Waals surface area contributed by atoms with Crippen molar-refractivity contribution in [3.63, 3.8) is 0 Å². The Labute approximate surface area is 170 Å². The first kappa shape index (κ1) is 18.2. The average Bonchev–Trinajstić information content (AvgIpc) is 3.19. The lowest BCUT2D eigenvalue weighted by molar-refractivity contribution is 0.102. The van der Waals surface area contributed by atoms with Gasteiger partial charge in [-0.25, -0.2) is 4.68 Å². The number of anilines is 1. The van der Waals surface area contributed by atoms with E-state index in [-0.39, 0.29) is 12.6 Å². The highest BCUT2D eigenvalue weighted by atomic mass is 79.9. The van der Waals surface area contributed by atoms with Crippen LogP contribution in [0.1, 0.15) is 16.1 Å². The normalized spacial score (nSPS) is 10.8. The number of fused-ring (bicyclic) bond motifs is 1. The highest BCUT2D eigenvalue weighted by Crippen LogP contribution is 2.28. The van der Waals surface area contributed by atoms with Crippen molar-refractivity contribution < 1.29 is 9.53 Å². The number of halogens is 1. The number of aryl methyl sites for hydroxylation is 1. The largest absolute Gasteiger partial charge is 0.471 e. The van der Waals surface area contributed by atoms with Gasteiger partial charge < -0.3 is 10.1 Å². The zero-order valence-electron chi connectivity index (χ0n) is 15.1. The summed E-state index contributed by atoms with van der Waals surface area (Å²) in [5.41, 5.74) is 2.70. The third-order valence-corrected chi connectivity index (χ3v) is 4.98. The minimum Gasteiger partial charge on any atom is -0.471 e. The molecule has 4 aromatic rings. The van der Waals surface area contributed by atoms with Crippen LogP contribution >= 0.6 is 15.9 Å². The highest BCUT2D eigenvalue weighted by molar-refractivity contribution is 9.10. The van der Waals surface area contributed by atoms with Gasteiger partial charge in [0.15, 0.2) is 12.4 Å². The van der Waals surface area contributed by atoms with E-state index in [1.165, 1.54) is 0 Å². The van der Waals surface area contributed by atoms with Crippen LogP contribution < -0.4 is 10.1 Å². The number of carbonyl (C=O) groups is 1. The molecule has 140 valence electrons. The van der Waals surface area contributed by atoms with E-state index in [2.05, 4.69) is 31.3 Å². The quantitative estimate of drug-likeness (QED) is 0.488. The zero-order valence-corrected chi connectivity index (χ0v) is 16.7. The Kier molecular flexibility index (Phi) is 5.08. The van der Waals surface area contributed by atoms with E-state index < -0.39 is 0 Å². The summed E-state index contributed by atoms with van der Waals surface area (Å²) in [6.45, 7) is 2.20. The van der Waals surface area contributed by atoms with E-state index in [0.29, 0.717) is 16.9 Å². The molecule has 0 saturated carbocycles. The second kappa shape index (κ2) is 7.82. The fourth-order valence-corrected chi connectivity index (χ4v) is 3.29. The number of aromatic nitrogens is 3. The van der Waals surface area contributed by atoms with Crippen molar-refractivity contribution in [2.45, 2.75) is 13.7 Å². The first-order valence-electron chi connectivity index (χ1n) is 8.68. The topological polar surface area (TPSA) is 69.0 Å². The summed E-state index contributed by atoms with van der Waals surface area (Å²) in [5, 5.41) is 8.11. The van der Waals surface area contributed by atoms with Crippen molar-refractivity contribution in [1.82, 2.24) is 14.8 Å². The number of hydrogen-bond donors (Lipinski definition) is 1. The van der Waals surface area contributed by atoms with Crippen LogP contribution in [0.3, 0.4) is 0 Å². The fraction of sp³-hybridized carbons (Fsp3) is 0.0952. The summed E-state index contributed by atoms with van der Waals surface area (Å²) in [6, 6.07) is 16.9. The summed E-state index contributed by atoms with van der Waals surface area (Å²) in [5.74, 6) is 0.486. The van der Waals surface area contributed by atoms with Crippen molar-refractivity contribution in [2.24, 2.45) is 0 Å². The number of rotatable bonds is 5. The summed E-state index contributed by atoms with van der Waals surface area (Å²) >= 11 is 3.50. The minimum atomic E-state index is -0.302. The molecule has 0 aliphatic heterocycles. The molecule has 0 saturated heterocycles. The molecule has 6 nitrogen and oxygen atoms in total. The Morgan fingerprint density at radius 2 is 2.00 bits per heavy atom. The standard InChI is InChI=1S/C21H17BrN4O2/c1-14-5-2-3-7-19(14)28-13-26-12-10-18(25-26)21(27)24-17-9-8-16(22)15-6-4-11-23-20(15)17/h2-12H,13H2,1H3,(H,24,27). The second-order valence-electron chi connectivity index (χ2n) is 6.23. The van der Waals surface area contributed by atoms with E-state index >= 15 is 0 Å². The molecule has 0 aliphatic carbocycles. The molecule has 4 rings (SSSR count). The van der Waals surface area contributed by atoms with Gasteiger partial charge >= 0.3 is 0 Å². The molecule has 0 atom stereocenters. The lowest BCUT2D eigenvalue weighted by atomic mass is 10.2. The summed E-state index contributed by atoms with van der Waals surface area (Å²) in [6.07, 6.45) is 3.41. The van der Waals surface area contributed by atoms with Crippen molar-refractivity contribution in [1.29, 1.82) is 0 Å². The van der Waals surface area contributed by atoms with E-state index in [4.69, 9.17) is 4.74 Å². The van der Waals surface area contributed by atoms with E-state index in [0.717, 1.165) is 21.2 Å². The predicted molar refractivity (Wildman–Crippen MR) is 111 cm³/mol. The first-order valence-corrected chi connectivity index (χ1v) is 9.47. The van der Waals surface area contributed by atoms with Gasteiger partial charge in [0.25, 0.3) is 5.91 Å². The first-order chi connectivity index (χ1) is 13.6. The third kappa shape index (κ3) is 3.75. The lowest BCUT2D eigenvalue weighted by Crippen LogP contribution is -2.14. The van der Waals surface area contributed by atoms with Gasteiger partial charge in [-0.3, -0.25) is 9.78 Å². The molecule has 7 heteroatoms. The van der Waals surface area contributed by atoms with Gasteiger partial charge in [-0.05, 0) is 42.8 Å². The summed E-state index contributed by atoms with van der Waals surface area (Å²) in [7, 11) is 0. The monoisotopic (exact) mass is 436 g/mol. The van der Waals surface area contributed by atoms with E-state index in [1.807, 2.05) is 55.5 Å². The van der Waals surface area contributed by atoms with Gasteiger partial charge in [0.1, 0.15) is 5.75 Å². The molecule has 0 aliphatic rings. The van der Waals surface area contributed by atoms with E-state index in [9.17, 15) is 4.79 Å². The third-order valence-electron chi connectivity index (χ3n) is 4.28. The lowest BCUT2D eigenvalue weighted by Gasteiger charge is -2.09. The van der Waals surface area contributed by atoms with Gasteiger partial charge in [0, 0.05) is 22.3 Å². The Morgan fingerprint density at radius 1 is 1.14 bits per heavy atom. The number of benzene rings is 2. The Balaban J connectivity index is 1.48. The molecule has 1 N–H and O–H groups in total. The van der Waals surface area contributed by atoms with Gasteiger partial charge in [0.05, 0.1) is 11.2 Å². The molecule has 0 bridgehead atoms. The minimum absolute atomic E-state index is 0.223. The Hall–Kier alpha value is -3.19. The van der Waals surface area contributed by atoms with Crippen LogP contribution in [0.4, 0.5) is 5.69 Å². The van der Waals surface area contributed by atoms with Crippen LogP contribution in [-0.4, -0.2) is 20.7 Å². The van der Waals surface area contributed by atoms with Crippen molar-refractivity contribution >= 4 is 38.4 Å². The molecule has 1 amide bonds. The maximum atomic E-state index is 12.6. The molecular weight excluding hydrogens is 420 g/mol. The number of carbonyl (C=O) groups excluding carboxylic acids is 1.